The number of benzene rings is 2. The van der Waals surface area contributed by atoms with Crippen molar-refractivity contribution < 1.29 is 14.8 Å². The van der Waals surface area contributed by atoms with Gasteiger partial charge in [-0.1, -0.05) is 35.5 Å². The number of thioether (sulfide) groups is 1. The topological polar surface area (TPSA) is 80.4 Å². The van der Waals surface area contributed by atoms with E-state index in [-0.39, 0.29) is 16.4 Å². The molecule has 5 nitrogen and oxygen atoms in total. The Morgan fingerprint density at radius 2 is 2.00 bits per heavy atom. The molecular weight excluding hydrogens is 326 g/mol. The zero-order valence-electron chi connectivity index (χ0n) is 10.9. The molecule has 3 rings (SSSR count). The lowest BCUT2D eigenvalue weighted by Gasteiger charge is -2.03. The number of Topliss-reactive ketones (excluding diaryl/α,β-unsaturated/α-hetero) is 1. The Morgan fingerprint density at radius 3 is 2.68 bits per heavy atom. The highest BCUT2D eigenvalue weighted by molar-refractivity contribution is 8.04. The number of carbonyl (C=O) groups excluding carboxylic acids is 1. The Kier molecular flexibility index (Phi) is 3.64. The van der Waals surface area contributed by atoms with Crippen molar-refractivity contribution in [3.05, 3.63) is 67.6 Å². The van der Waals surface area contributed by atoms with Crippen LogP contribution in [-0.4, -0.2) is 15.8 Å². The summed E-state index contributed by atoms with van der Waals surface area (Å²) in [4.78, 5) is 23.7. The van der Waals surface area contributed by atoms with Crippen LogP contribution in [-0.2, 0) is 0 Å². The molecule has 7 heteroatoms. The first-order valence-corrected chi connectivity index (χ1v) is 7.37. The number of phenols is 1. The quantitative estimate of drug-likeness (QED) is 0.504. The van der Waals surface area contributed by atoms with Gasteiger partial charge in [-0.3, -0.25) is 14.9 Å². The third-order valence-electron chi connectivity index (χ3n) is 3.14. The van der Waals surface area contributed by atoms with Crippen molar-refractivity contribution >= 4 is 40.9 Å². The molecule has 2 aromatic carbocycles. The van der Waals surface area contributed by atoms with E-state index in [2.05, 4.69) is 0 Å². The van der Waals surface area contributed by atoms with Gasteiger partial charge in [0.15, 0.2) is 0 Å². The molecule has 0 radical (unpaired) electrons. The van der Waals surface area contributed by atoms with Crippen molar-refractivity contribution in [3.8, 4) is 5.75 Å². The smallest absolute Gasteiger partial charge is 0.312 e. The lowest BCUT2D eigenvalue weighted by Crippen LogP contribution is -1.94. The molecule has 0 unspecified atom stereocenters. The van der Waals surface area contributed by atoms with E-state index in [1.807, 2.05) is 12.1 Å². The predicted octanol–water partition coefficient (Wildman–Crippen LogP) is 4.28. The monoisotopic (exact) mass is 333 g/mol. The molecule has 0 saturated heterocycles. The summed E-state index contributed by atoms with van der Waals surface area (Å²) in [5.74, 6) is -0.686. The number of ketones is 1. The molecule has 0 bridgehead atoms. The predicted molar refractivity (Wildman–Crippen MR) is 84.4 cm³/mol. The Balaban J connectivity index is 2.08. The van der Waals surface area contributed by atoms with Crippen LogP contribution in [0.4, 0.5) is 5.69 Å². The van der Waals surface area contributed by atoms with Gasteiger partial charge in [-0.05, 0) is 24.3 Å². The summed E-state index contributed by atoms with van der Waals surface area (Å²) in [7, 11) is 0. The molecule has 110 valence electrons. The van der Waals surface area contributed by atoms with Crippen LogP contribution >= 0.6 is 23.4 Å². The van der Waals surface area contributed by atoms with Gasteiger partial charge in [0.1, 0.15) is 0 Å². The number of phenolic OH excluding ortho intramolecular Hbond substituents is 1. The molecule has 0 saturated carbocycles. The van der Waals surface area contributed by atoms with Crippen LogP contribution in [0.2, 0.25) is 5.02 Å². The number of nitrogens with zero attached hydrogens (tertiary/aromatic N) is 1. The molecule has 0 amide bonds. The van der Waals surface area contributed by atoms with Crippen molar-refractivity contribution in [3.63, 3.8) is 0 Å². The number of hydrogen-bond donors (Lipinski definition) is 1. The number of nitro benzene ring substituents is 1. The molecule has 1 aliphatic heterocycles. The second-order valence-electron chi connectivity index (χ2n) is 4.56. The van der Waals surface area contributed by atoms with Crippen molar-refractivity contribution in [2.75, 3.05) is 0 Å². The Hall–Kier alpha value is -2.31. The first kappa shape index (κ1) is 14.6. The Bertz CT molecular complexity index is 847. The maximum Gasteiger partial charge on any atom is 0.312 e. The van der Waals surface area contributed by atoms with E-state index in [0.717, 1.165) is 11.0 Å². The number of carbonyl (C=O) groups is 1. The van der Waals surface area contributed by atoms with E-state index < -0.39 is 16.4 Å². The lowest BCUT2D eigenvalue weighted by atomic mass is 10.1. The van der Waals surface area contributed by atoms with E-state index in [1.165, 1.54) is 23.9 Å². The first-order chi connectivity index (χ1) is 10.5. The number of nitro groups is 1. The van der Waals surface area contributed by atoms with E-state index in [9.17, 15) is 20.0 Å². The van der Waals surface area contributed by atoms with Gasteiger partial charge in [-0.15, -0.1) is 0 Å². The largest absolute Gasteiger partial charge is 0.502 e. The van der Waals surface area contributed by atoms with E-state index in [1.54, 1.807) is 12.1 Å². The highest BCUT2D eigenvalue weighted by Crippen LogP contribution is 2.42. The zero-order valence-corrected chi connectivity index (χ0v) is 12.5. The van der Waals surface area contributed by atoms with Gasteiger partial charge in [0, 0.05) is 27.1 Å². The molecule has 0 aromatic heterocycles. The summed E-state index contributed by atoms with van der Waals surface area (Å²) in [6, 6.07) is 9.57. The Morgan fingerprint density at radius 1 is 1.27 bits per heavy atom. The molecule has 1 N–H and O–H groups in total. The summed E-state index contributed by atoms with van der Waals surface area (Å²) >= 11 is 7.10. The van der Waals surface area contributed by atoms with Crippen molar-refractivity contribution in [2.24, 2.45) is 0 Å². The van der Waals surface area contributed by atoms with Crippen molar-refractivity contribution in [1.29, 1.82) is 0 Å². The van der Waals surface area contributed by atoms with Crippen LogP contribution in [0.25, 0.3) is 6.08 Å². The third kappa shape index (κ3) is 2.47. The van der Waals surface area contributed by atoms with Crippen LogP contribution < -0.4 is 0 Å². The highest BCUT2D eigenvalue weighted by Gasteiger charge is 2.26. The fourth-order valence-electron chi connectivity index (χ4n) is 2.13. The molecule has 0 atom stereocenters. The SMILES string of the molecule is O=C1/C(=C/c2cc(Cl)cc([N+](=O)[O-])c2O)Sc2ccccc21. The van der Waals surface area contributed by atoms with Crippen molar-refractivity contribution in [1.82, 2.24) is 0 Å². The van der Waals surface area contributed by atoms with E-state index in [4.69, 9.17) is 11.6 Å². The summed E-state index contributed by atoms with van der Waals surface area (Å²) < 4.78 is 0. The van der Waals surface area contributed by atoms with Gasteiger partial charge in [-0.25, -0.2) is 0 Å². The van der Waals surface area contributed by atoms with Gasteiger partial charge in [0.25, 0.3) is 0 Å². The standard InChI is InChI=1S/C15H8ClNO4S/c16-9-5-8(14(18)11(7-9)17(20)21)6-13-15(19)10-3-1-2-4-12(10)22-13/h1-7,18H/b13-6-. The third-order valence-corrected chi connectivity index (χ3v) is 4.46. The number of aromatic hydroxyl groups is 1. The first-order valence-electron chi connectivity index (χ1n) is 6.17. The normalized spacial score (nSPS) is 15.1. The lowest BCUT2D eigenvalue weighted by molar-refractivity contribution is -0.385. The molecule has 0 aliphatic carbocycles. The van der Waals surface area contributed by atoms with Gasteiger partial charge >= 0.3 is 5.69 Å². The number of fused-ring (bicyclic) bond motifs is 1. The molecule has 0 spiro atoms. The highest BCUT2D eigenvalue weighted by atomic mass is 35.5. The maximum absolute atomic E-state index is 12.3. The fourth-order valence-corrected chi connectivity index (χ4v) is 3.40. The van der Waals surface area contributed by atoms with Crippen molar-refractivity contribution in [2.45, 2.75) is 4.90 Å². The number of rotatable bonds is 2. The molecule has 1 aliphatic rings. The van der Waals surface area contributed by atoms with Gasteiger partial charge in [-0.2, -0.15) is 0 Å². The van der Waals surface area contributed by atoms with E-state index >= 15 is 0 Å². The van der Waals surface area contributed by atoms with Gasteiger partial charge in [0.05, 0.1) is 9.83 Å². The molecule has 0 fully saturated rings. The van der Waals surface area contributed by atoms with Crippen LogP contribution in [0.1, 0.15) is 15.9 Å². The van der Waals surface area contributed by atoms with Crippen LogP contribution in [0.15, 0.2) is 46.2 Å². The summed E-state index contributed by atoms with van der Waals surface area (Å²) in [5, 5.41) is 21.0. The minimum absolute atomic E-state index is 0.115. The zero-order chi connectivity index (χ0) is 15.9. The number of halogens is 1. The van der Waals surface area contributed by atoms with Gasteiger partial charge < -0.3 is 5.11 Å². The van der Waals surface area contributed by atoms with Crippen LogP contribution in [0.5, 0.6) is 5.75 Å². The maximum atomic E-state index is 12.3. The average Bonchev–Trinajstić information content (AvgIpc) is 2.79. The van der Waals surface area contributed by atoms with Gasteiger partial charge in [0.2, 0.25) is 11.5 Å². The number of allylic oxidation sites excluding steroid dienone is 1. The molecular formula is C15H8ClNO4S. The van der Waals surface area contributed by atoms with E-state index in [0.29, 0.717) is 10.5 Å². The van der Waals surface area contributed by atoms with Crippen LogP contribution in [0.3, 0.4) is 0 Å². The average molecular weight is 334 g/mol. The molecule has 2 aromatic rings. The summed E-state index contributed by atoms with van der Waals surface area (Å²) in [5.41, 5.74) is 0.227. The number of hydrogen-bond acceptors (Lipinski definition) is 5. The molecule has 1 heterocycles. The Labute approximate surface area is 134 Å². The second-order valence-corrected chi connectivity index (χ2v) is 6.08. The minimum atomic E-state index is -0.721. The minimum Gasteiger partial charge on any atom is -0.502 e. The van der Waals surface area contributed by atoms with Crippen LogP contribution in [0, 0.1) is 10.1 Å². The summed E-state index contributed by atoms with van der Waals surface area (Å²) in [6.45, 7) is 0. The molecule has 22 heavy (non-hydrogen) atoms. The fraction of sp³-hybridized carbons (Fsp3) is 0. The second kappa shape index (κ2) is 5.47. The summed E-state index contributed by atoms with van der Waals surface area (Å²) in [6.07, 6.45) is 1.42.